The molecule has 0 aliphatic rings. The molecule has 0 saturated heterocycles. The fraction of sp³-hybridized carbons (Fsp3) is 0.400. The summed E-state index contributed by atoms with van der Waals surface area (Å²) in [5.41, 5.74) is 2.13. The predicted octanol–water partition coefficient (Wildman–Crippen LogP) is 2.77. The van der Waals surface area contributed by atoms with Crippen LogP contribution in [0.5, 0.6) is 0 Å². The number of imidazole rings is 1. The number of aromatic nitrogens is 2. The third kappa shape index (κ3) is 2.99. The normalized spacial score (nSPS) is 10.8. The van der Waals surface area contributed by atoms with Crippen LogP contribution in [0.25, 0.3) is 0 Å². The predicted molar refractivity (Wildman–Crippen MR) is 72.3 cm³/mol. The summed E-state index contributed by atoms with van der Waals surface area (Å²) in [6.45, 7) is 3.01. The van der Waals surface area contributed by atoms with Gasteiger partial charge in [0.1, 0.15) is 5.82 Å². The van der Waals surface area contributed by atoms with Crippen LogP contribution in [0.15, 0.2) is 36.5 Å². The second kappa shape index (κ2) is 6.36. The van der Waals surface area contributed by atoms with E-state index in [0.29, 0.717) is 0 Å². The van der Waals surface area contributed by atoms with Crippen LogP contribution in [0.4, 0.5) is 0 Å². The van der Waals surface area contributed by atoms with E-state index in [2.05, 4.69) is 28.6 Å². The number of hydrogen-bond donors (Lipinski definition) is 1. The Bertz CT molecular complexity index is 476. The van der Waals surface area contributed by atoms with Crippen LogP contribution in [0.2, 0.25) is 0 Å². The summed E-state index contributed by atoms with van der Waals surface area (Å²) in [5, 5.41) is 9.37. The van der Waals surface area contributed by atoms with E-state index in [-0.39, 0.29) is 6.61 Å². The maximum Gasteiger partial charge on any atom is 0.109 e. The Morgan fingerprint density at radius 3 is 2.67 bits per heavy atom. The van der Waals surface area contributed by atoms with Gasteiger partial charge in [0, 0.05) is 13.0 Å². The topological polar surface area (TPSA) is 38.1 Å². The Morgan fingerprint density at radius 1 is 1.22 bits per heavy atom. The monoisotopic (exact) mass is 244 g/mol. The first-order valence-corrected chi connectivity index (χ1v) is 6.53. The molecule has 0 saturated carbocycles. The molecule has 2 aromatic rings. The number of hydrogen-bond acceptors (Lipinski definition) is 2. The molecule has 0 aliphatic heterocycles. The van der Waals surface area contributed by atoms with E-state index in [4.69, 9.17) is 0 Å². The fourth-order valence-corrected chi connectivity index (χ4v) is 2.07. The van der Waals surface area contributed by atoms with Crippen LogP contribution in [-0.2, 0) is 19.6 Å². The maximum atomic E-state index is 9.37. The highest BCUT2D eigenvalue weighted by molar-refractivity contribution is 5.17. The van der Waals surface area contributed by atoms with Crippen LogP contribution in [0, 0.1) is 0 Å². The van der Waals surface area contributed by atoms with Crippen molar-refractivity contribution in [3.05, 3.63) is 53.6 Å². The summed E-state index contributed by atoms with van der Waals surface area (Å²) in [6.07, 6.45) is 5.06. The zero-order valence-corrected chi connectivity index (χ0v) is 10.8. The molecule has 0 aliphatic carbocycles. The molecule has 0 radical (unpaired) electrons. The number of aliphatic hydroxyl groups is 1. The van der Waals surface area contributed by atoms with Crippen molar-refractivity contribution >= 4 is 0 Å². The van der Waals surface area contributed by atoms with Crippen molar-refractivity contribution < 1.29 is 5.11 Å². The van der Waals surface area contributed by atoms with E-state index in [1.807, 2.05) is 18.2 Å². The standard InChI is InChI=1S/C15H20N2O/c1-2-3-9-15-16-10-14(12-18)17(15)11-13-7-5-4-6-8-13/h4-8,10,18H,2-3,9,11-12H2,1H3. The van der Waals surface area contributed by atoms with Gasteiger partial charge in [-0.3, -0.25) is 0 Å². The Morgan fingerprint density at radius 2 is 2.00 bits per heavy atom. The minimum absolute atomic E-state index is 0.0476. The molecule has 96 valence electrons. The molecule has 0 unspecified atom stereocenters. The lowest BCUT2D eigenvalue weighted by Gasteiger charge is -2.11. The van der Waals surface area contributed by atoms with Crippen molar-refractivity contribution in [2.75, 3.05) is 0 Å². The third-order valence-corrected chi connectivity index (χ3v) is 3.12. The molecule has 18 heavy (non-hydrogen) atoms. The third-order valence-electron chi connectivity index (χ3n) is 3.12. The van der Waals surface area contributed by atoms with E-state index in [0.717, 1.165) is 37.3 Å². The molecule has 1 N–H and O–H groups in total. The molecule has 2 rings (SSSR count). The molecular formula is C15H20N2O. The van der Waals surface area contributed by atoms with Crippen molar-refractivity contribution in [3.8, 4) is 0 Å². The molecule has 0 spiro atoms. The quantitative estimate of drug-likeness (QED) is 0.848. The second-order valence-corrected chi connectivity index (χ2v) is 4.50. The van der Waals surface area contributed by atoms with Crippen LogP contribution in [-0.4, -0.2) is 14.7 Å². The molecule has 1 aromatic carbocycles. The van der Waals surface area contributed by atoms with Gasteiger partial charge in [-0.15, -0.1) is 0 Å². The largest absolute Gasteiger partial charge is 0.390 e. The Hall–Kier alpha value is -1.61. The first-order chi connectivity index (χ1) is 8.85. The second-order valence-electron chi connectivity index (χ2n) is 4.50. The van der Waals surface area contributed by atoms with Gasteiger partial charge in [0.25, 0.3) is 0 Å². The highest BCUT2D eigenvalue weighted by Crippen LogP contribution is 2.12. The summed E-state index contributed by atoms with van der Waals surface area (Å²) in [5.74, 6) is 1.07. The number of nitrogens with zero attached hydrogens (tertiary/aromatic N) is 2. The van der Waals surface area contributed by atoms with Gasteiger partial charge >= 0.3 is 0 Å². The summed E-state index contributed by atoms with van der Waals surface area (Å²) in [6, 6.07) is 10.3. The zero-order chi connectivity index (χ0) is 12.8. The number of aryl methyl sites for hydroxylation is 1. The van der Waals surface area contributed by atoms with Crippen molar-refractivity contribution in [2.24, 2.45) is 0 Å². The lowest BCUT2D eigenvalue weighted by atomic mass is 10.2. The van der Waals surface area contributed by atoms with E-state index in [9.17, 15) is 5.11 Å². The van der Waals surface area contributed by atoms with Crippen LogP contribution < -0.4 is 0 Å². The van der Waals surface area contributed by atoms with E-state index >= 15 is 0 Å². The smallest absolute Gasteiger partial charge is 0.109 e. The molecule has 1 heterocycles. The van der Waals surface area contributed by atoms with Crippen molar-refractivity contribution in [2.45, 2.75) is 39.3 Å². The average Bonchev–Trinajstić information content (AvgIpc) is 2.80. The molecule has 0 amide bonds. The summed E-state index contributed by atoms with van der Waals surface area (Å²) in [4.78, 5) is 4.42. The highest BCUT2D eigenvalue weighted by Gasteiger charge is 2.09. The molecule has 0 fully saturated rings. The van der Waals surface area contributed by atoms with Crippen molar-refractivity contribution in [1.29, 1.82) is 0 Å². The SMILES string of the molecule is CCCCc1ncc(CO)n1Cc1ccccc1. The Labute approximate surface area is 108 Å². The molecule has 3 nitrogen and oxygen atoms in total. The lowest BCUT2D eigenvalue weighted by molar-refractivity contribution is 0.271. The zero-order valence-electron chi connectivity index (χ0n) is 10.8. The van der Waals surface area contributed by atoms with Crippen molar-refractivity contribution in [1.82, 2.24) is 9.55 Å². The Kier molecular flexibility index (Phi) is 4.53. The summed E-state index contributed by atoms with van der Waals surface area (Å²) < 4.78 is 2.13. The highest BCUT2D eigenvalue weighted by atomic mass is 16.3. The van der Waals surface area contributed by atoms with Gasteiger partial charge in [-0.1, -0.05) is 43.7 Å². The van der Waals surface area contributed by atoms with E-state index in [1.54, 1.807) is 6.20 Å². The van der Waals surface area contributed by atoms with Gasteiger partial charge in [0.05, 0.1) is 18.5 Å². The molecular weight excluding hydrogens is 224 g/mol. The molecule has 1 aromatic heterocycles. The van der Waals surface area contributed by atoms with Gasteiger partial charge in [-0.25, -0.2) is 4.98 Å². The van der Waals surface area contributed by atoms with Gasteiger partial charge < -0.3 is 9.67 Å². The number of rotatable bonds is 6. The van der Waals surface area contributed by atoms with Gasteiger partial charge in [0.2, 0.25) is 0 Å². The van der Waals surface area contributed by atoms with E-state index < -0.39 is 0 Å². The first-order valence-electron chi connectivity index (χ1n) is 6.53. The van der Waals surface area contributed by atoms with Gasteiger partial charge in [-0.05, 0) is 12.0 Å². The van der Waals surface area contributed by atoms with Gasteiger partial charge in [0.15, 0.2) is 0 Å². The molecule has 0 bridgehead atoms. The average molecular weight is 244 g/mol. The number of benzene rings is 1. The Balaban J connectivity index is 2.21. The van der Waals surface area contributed by atoms with Crippen molar-refractivity contribution in [3.63, 3.8) is 0 Å². The van der Waals surface area contributed by atoms with Crippen LogP contribution >= 0.6 is 0 Å². The van der Waals surface area contributed by atoms with E-state index in [1.165, 1.54) is 5.56 Å². The minimum atomic E-state index is 0.0476. The molecule has 3 heteroatoms. The number of unbranched alkanes of at least 4 members (excludes halogenated alkanes) is 1. The number of aliphatic hydroxyl groups excluding tert-OH is 1. The summed E-state index contributed by atoms with van der Waals surface area (Å²) >= 11 is 0. The first kappa shape index (κ1) is 12.8. The molecule has 0 atom stereocenters. The minimum Gasteiger partial charge on any atom is -0.390 e. The fourth-order valence-electron chi connectivity index (χ4n) is 2.07. The summed E-state index contributed by atoms with van der Waals surface area (Å²) in [7, 11) is 0. The van der Waals surface area contributed by atoms with Gasteiger partial charge in [-0.2, -0.15) is 0 Å². The van der Waals surface area contributed by atoms with Crippen LogP contribution in [0.3, 0.4) is 0 Å². The maximum absolute atomic E-state index is 9.37. The van der Waals surface area contributed by atoms with Crippen LogP contribution in [0.1, 0.15) is 36.8 Å². The lowest BCUT2D eigenvalue weighted by Crippen LogP contribution is -2.09.